The number of rotatable bonds is 4. The highest BCUT2D eigenvalue weighted by molar-refractivity contribution is 6.10. The van der Waals surface area contributed by atoms with Crippen molar-refractivity contribution < 1.29 is 4.79 Å². The van der Waals surface area contributed by atoms with Gasteiger partial charge in [-0.15, -0.1) is 0 Å². The lowest BCUT2D eigenvalue weighted by atomic mass is 9.84. The summed E-state index contributed by atoms with van der Waals surface area (Å²) in [6, 6.07) is 7.88. The quantitative estimate of drug-likeness (QED) is 0.793. The van der Waals surface area contributed by atoms with Crippen LogP contribution < -0.4 is 5.32 Å². The van der Waals surface area contributed by atoms with E-state index >= 15 is 0 Å². The van der Waals surface area contributed by atoms with Gasteiger partial charge in [0.05, 0.1) is 0 Å². The zero-order valence-corrected chi connectivity index (χ0v) is 10.5. The van der Waals surface area contributed by atoms with Gasteiger partial charge in [0.25, 0.3) is 0 Å². The van der Waals surface area contributed by atoms with E-state index in [9.17, 15) is 4.79 Å². The van der Waals surface area contributed by atoms with Crippen LogP contribution in [0.3, 0.4) is 0 Å². The third-order valence-corrected chi connectivity index (χ3v) is 3.07. The van der Waals surface area contributed by atoms with Gasteiger partial charge in [-0.3, -0.25) is 4.79 Å². The molecule has 1 aromatic heterocycles. The van der Waals surface area contributed by atoms with Crippen LogP contribution in [0.25, 0.3) is 10.9 Å². The third kappa shape index (κ3) is 2.11. The molecule has 0 amide bonds. The van der Waals surface area contributed by atoms with Crippen LogP contribution in [0.1, 0.15) is 24.2 Å². The number of fused-ring (bicyclic) bond motifs is 1. The number of benzene rings is 1. The fourth-order valence-corrected chi connectivity index (χ4v) is 2.15. The van der Waals surface area contributed by atoms with Crippen LogP contribution >= 0.6 is 0 Å². The Morgan fingerprint density at radius 2 is 2.06 bits per heavy atom. The number of carbonyl (C=O) groups is 1. The fourth-order valence-electron chi connectivity index (χ4n) is 2.15. The van der Waals surface area contributed by atoms with E-state index in [1.165, 1.54) is 0 Å². The van der Waals surface area contributed by atoms with E-state index in [1.54, 1.807) is 0 Å². The van der Waals surface area contributed by atoms with Crippen molar-refractivity contribution in [3.63, 3.8) is 0 Å². The molecule has 0 unspecified atom stereocenters. The first-order valence-corrected chi connectivity index (χ1v) is 5.82. The molecule has 17 heavy (non-hydrogen) atoms. The molecule has 0 saturated carbocycles. The maximum atomic E-state index is 12.5. The molecule has 0 saturated heterocycles. The van der Waals surface area contributed by atoms with Crippen molar-refractivity contribution in [1.29, 1.82) is 0 Å². The van der Waals surface area contributed by atoms with Gasteiger partial charge >= 0.3 is 0 Å². The minimum Gasteiger partial charge on any atom is -0.360 e. The molecule has 0 aliphatic rings. The maximum absolute atomic E-state index is 12.5. The highest BCUT2D eigenvalue weighted by atomic mass is 16.1. The van der Waals surface area contributed by atoms with Crippen molar-refractivity contribution in [3.05, 3.63) is 36.0 Å². The summed E-state index contributed by atoms with van der Waals surface area (Å²) in [7, 11) is 1.87. The number of Topliss-reactive ketones (excluding diaryl/α,β-unsaturated/α-hetero) is 1. The topological polar surface area (TPSA) is 44.9 Å². The number of aromatic nitrogens is 1. The number of H-pyrrole nitrogens is 1. The van der Waals surface area contributed by atoms with E-state index in [-0.39, 0.29) is 11.2 Å². The summed E-state index contributed by atoms with van der Waals surface area (Å²) in [5.41, 5.74) is 1.40. The Morgan fingerprint density at radius 1 is 1.35 bits per heavy atom. The standard InChI is InChI=1S/C14H18N2O/c1-14(2,9-15-3)13(17)11-8-16-12-7-5-4-6-10(11)12/h4-8,15-16H,9H2,1-3H3. The molecule has 3 heteroatoms. The molecule has 1 aromatic carbocycles. The number of hydrogen-bond donors (Lipinski definition) is 2. The predicted molar refractivity (Wildman–Crippen MR) is 70.3 cm³/mol. The molecule has 0 aliphatic heterocycles. The zero-order chi connectivity index (χ0) is 12.5. The Hall–Kier alpha value is -1.61. The van der Waals surface area contributed by atoms with Crippen molar-refractivity contribution in [2.24, 2.45) is 5.41 Å². The first-order chi connectivity index (χ1) is 8.06. The predicted octanol–water partition coefficient (Wildman–Crippen LogP) is 2.60. The fraction of sp³-hybridized carbons (Fsp3) is 0.357. The number of para-hydroxylation sites is 1. The monoisotopic (exact) mass is 230 g/mol. The van der Waals surface area contributed by atoms with Crippen LogP contribution in [0, 0.1) is 5.41 Å². The molecular formula is C14H18N2O. The number of nitrogens with one attached hydrogen (secondary N) is 2. The Bertz CT molecular complexity index is 540. The Kier molecular flexibility index (Phi) is 3.03. The second kappa shape index (κ2) is 4.34. The van der Waals surface area contributed by atoms with E-state index in [0.29, 0.717) is 6.54 Å². The Morgan fingerprint density at radius 3 is 2.76 bits per heavy atom. The Balaban J connectivity index is 2.43. The van der Waals surface area contributed by atoms with E-state index in [0.717, 1.165) is 16.5 Å². The number of aromatic amines is 1. The molecule has 0 radical (unpaired) electrons. The van der Waals surface area contributed by atoms with Crippen LogP contribution in [0.15, 0.2) is 30.5 Å². The van der Waals surface area contributed by atoms with Crippen LogP contribution in [0.2, 0.25) is 0 Å². The van der Waals surface area contributed by atoms with Crippen molar-refractivity contribution >= 4 is 16.7 Å². The van der Waals surface area contributed by atoms with Gasteiger partial charge in [0.2, 0.25) is 0 Å². The molecule has 2 aromatic rings. The molecule has 90 valence electrons. The van der Waals surface area contributed by atoms with Crippen LogP contribution in [-0.4, -0.2) is 24.4 Å². The summed E-state index contributed by atoms with van der Waals surface area (Å²) in [5, 5.41) is 4.07. The molecule has 2 N–H and O–H groups in total. The van der Waals surface area contributed by atoms with Gasteiger partial charge in [-0.25, -0.2) is 0 Å². The lowest BCUT2D eigenvalue weighted by Crippen LogP contribution is -2.34. The molecule has 2 rings (SSSR count). The van der Waals surface area contributed by atoms with Gasteiger partial charge in [0, 0.05) is 34.6 Å². The van der Waals surface area contributed by atoms with E-state index in [1.807, 2.05) is 51.4 Å². The average Bonchev–Trinajstić information content (AvgIpc) is 2.71. The lowest BCUT2D eigenvalue weighted by molar-refractivity contribution is 0.0841. The molecule has 0 atom stereocenters. The van der Waals surface area contributed by atoms with E-state index < -0.39 is 0 Å². The van der Waals surface area contributed by atoms with Gasteiger partial charge in [0.15, 0.2) is 5.78 Å². The van der Waals surface area contributed by atoms with Gasteiger partial charge in [-0.1, -0.05) is 32.0 Å². The molecule has 0 aliphatic carbocycles. The maximum Gasteiger partial charge on any atom is 0.171 e. The second-order valence-electron chi connectivity index (χ2n) is 4.99. The van der Waals surface area contributed by atoms with Crippen molar-refractivity contribution in [2.75, 3.05) is 13.6 Å². The average molecular weight is 230 g/mol. The summed E-state index contributed by atoms with van der Waals surface area (Å²) in [6.45, 7) is 4.60. The molecule has 0 bridgehead atoms. The first-order valence-electron chi connectivity index (χ1n) is 5.82. The summed E-state index contributed by atoms with van der Waals surface area (Å²) in [4.78, 5) is 15.6. The summed E-state index contributed by atoms with van der Waals surface area (Å²) in [6.07, 6.45) is 1.81. The van der Waals surface area contributed by atoms with Crippen molar-refractivity contribution in [3.8, 4) is 0 Å². The SMILES string of the molecule is CNCC(C)(C)C(=O)c1c[nH]c2ccccc12. The summed E-state index contributed by atoms with van der Waals surface area (Å²) < 4.78 is 0. The van der Waals surface area contributed by atoms with Crippen molar-refractivity contribution in [1.82, 2.24) is 10.3 Å². The molecule has 1 heterocycles. The lowest BCUT2D eigenvalue weighted by Gasteiger charge is -2.22. The number of ketones is 1. The first kappa shape index (κ1) is 11.9. The molecular weight excluding hydrogens is 212 g/mol. The molecule has 0 spiro atoms. The van der Waals surface area contributed by atoms with Gasteiger partial charge < -0.3 is 10.3 Å². The second-order valence-corrected chi connectivity index (χ2v) is 4.99. The molecule has 3 nitrogen and oxygen atoms in total. The summed E-state index contributed by atoms with van der Waals surface area (Å²) in [5.74, 6) is 0.171. The number of hydrogen-bond acceptors (Lipinski definition) is 2. The smallest absolute Gasteiger partial charge is 0.171 e. The van der Waals surface area contributed by atoms with Gasteiger partial charge in [-0.2, -0.15) is 0 Å². The third-order valence-electron chi connectivity index (χ3n) is 3.07. The Labute approximate surface area is 101 Å². The highest BCUT2D eigenvalue weighted by Gasteiger charge is 2.29. The van der Waals surface area contributed by atoms with Crippen LogP contribution in [-0.2, 0) is 0 Å². The van der Waals surface area contributed by atoms with E-state index in [4.69, 9.17) is 0 Å². The summed E-state index contributed by atoms with van der Waals surface area (Å²) >= 11 is 0. The highest BCUT2D eigenvalue weighted by Crippen LogP contribution is 2.26. The van der Waals surface area contributed by atoms with Gasteiger partial charge in [-0.05, 0) is 13.1 Å². The van der Waals surface area contributed by atoms with Crippen molar-refractivity contribution in [2.45, 2.75) is 13.8 Å². The normalized spacial score (nSPS) is 11.9. The number of carbonyl (C=O) groups excluding carboxylic acids is 1. The zero-order valence-electron chi connectivity index (χ0n) is 10.5. The van der Waals surface area contributed by atoms with Crippen LogP contribution in [0.5, 0.6) is 0 Å². The van der Waals surface area contributed by atoms with Gasteiger partial charge in [0.1, 0.15) is 0 Å². The van der Waals surface area contributed by atoms with Crippen LogP contribution in [0.4, 0.5) is 0 Å². The van der Waals surface area contributed by atoms with E-state index in [2.05, 4.69) is 10.3 Å². The largest absolute Gasteiger partial charge is 0.360 e. The minimum absolute atomic E-state index is 0.171. The molecule has 0 fully saturated rings. The minimum atomic E-state index is -0.389.